The van der Waals surface area contributed by atoms with Gasteiger partial charge in [0, 0.05) is 18.7 Å². The first-order valence-corrected chi connectivity index (χ1v) is 7.13. The van der Waals surface area contributed by atoms with E-state index in [0.29, 0.717) is 13.0 Å². The molecule has 106 valence electrons. The van der Waals surface area contributed by atoms with Crippen molar-refractivity contribution in [3.63, 3.8) is 0 Å². The molecule has 1 saturated heterocycles. The van der Waals surface area contributed by atoms with Crippen LogP contribution in [0.25, 0.3) is 0 Å². The van der Waals surface area contributed by atoms with Crippen LogP contribution in [0.4, 0.5) is 8.78 Å². The largest absolute Gasteiger partial charge is 0.315 e. The monoisotopic (exact) mass is 268 g/mol. The van der Waals surface area contributed by atoms with Crippen molar-refractivity contribution in [2.45, 2.75) is 25.7 Å². The lowest BCUT2D eigenvalue weighted by Crippen LogP contribution is -2.36. The first-order valence-electron chi connectivity index (χ1n) is 7.13. The average Bonchev–Trinajstić information content (AvgIpc) is 2.42. The standard InChI is InChI=1S/C15H22F2N2/c16-14-5-4-6-15(17)13(14)7-8-18-9-12-19-10-2-1-3-11-19/h4-6,18H,1-3,7-12H2. The van der Waals surface area contributed by atoms with Crippen LogP contribution in [0.5, 0.6) is 0 Å². The molecule has 1 N–H and O–H groups in total. The summed E-state index contributed by atoms with van der Waals surface area (Å²) >= 11 is 0. The SMILES string of the molecule is Fc1cccc(F)c1CCNCCN1CCCCC1. The third-order valence-corrected chi connectivity index (χ3v) is 3.67. The number of rotatable bonds is 6. The van der Waals surface area contributed by atoms with E-state index < -0.39 is 11.6 Å². The van der Waals surface area contributed by atoms with Crippen LogP contribution in [0, 0.1) is 11.6 Å². The Morgan fingerprint density at radius 3 is 2.37 bits per heavy atom. The minimum Gasteiger partial charge on any atom is -0.315 e. The number of benzene rings is 1. The van der Waals surface area contributed by atoms with Crippen LogP contribution in [0.15, 0.2) is 18.2 Å². The zero-order valence-electron chi connectivity index (χ0n) is 11.3. The third kappa shape index (κ3) is 4.55. The predicted molar refractivity (Wildman–Crippen MR) is 73.2 cm³/mol. The molecule has 1 aliphatic heterocycles. The van der Waals surface area contributed by atoms with Crippen molar-refractivity contribution in [3.05, 3.63) is 35.4 Å². The Hall–Kier alpha value is -1.00. The predicted octanol–water partition coefficient (Wildman–Crippen LogP) is 2.58. The highest BCUT2D eigenvalue weighted by Gasteiger charge is 2.10. The van der Waals surface area contributed by atoms with E-state index in [4.69, 9.17) is 0 Å². The zero-order valence-corrected chi connectivity index (χ0v) is 11.3. The summed E-state index contributed by atoms with van der Waals surface area (Å²) in [6, 6.07) is 4.02. The molecule has 0 unspecified atom stereocenters. The molecule has 1 aromatic carbocycles. The van der Waals surface area contributed by atoms with Gasteiger partial charge in [0.15, 0.2) is 0 Å². The van der Waals surface area contributed by atoms with E-state index in [1.165, 1.54) is 50.6 Å². The van der Waals surface area contributed by atoms with Crippen LogP contribution in [0.2, 0.25) is 0 Å². The quantitative estimate of drug-likeness (QED) is 0.798. The maximum Gasteiger partial charge on any atom is 0.129 e. The Kier molecular flexibility index (Phi) is 5.73. The Morgan fingerprint density at radius 1 is 1.00 bits per heavy atom. The number of halogens is 2. The van der Waals surface area contributed by atoms with Crippen LogP contribution in [-0.2, 0) is 6.42 Å². The molecule has 1 heterocycles. The molecule has 0 aromatic heterocycles. The minimum atomic E-state index is -0.446. The lowest BCUT2D eigenvalue weighted by Gasteiger charge is -2.26. The van der Waals surface area contributed by atoms with E-state index in [2.05, 4.69) is 10.2 Å². The molecule has 19 heavy (non-hydrogen) atoms. The lowest BCUT2D eigenvalue weighted by atomic mass is 10.1. The minimum absolute atomic E-state index is 0.188. The summed E-state index contributed by atoms with van der Waals surface area (Å²) in [5.41, 5.74) is 0.188. The van der Waals surface area contributed by atoms with Crippen molar-refractivity contribution < 1.29 is 8.78 Å². The molecule has 0 radical (unpaired) electrons. The average molecular weight is 268 g/mol. The second-order valence-electron chi connectivity index (χ2n) is 5.10. The van der Waals surface area contributed by atoms with Gasteiger partial charge in [0.2, 0.25) is 0 Å². The fraction of sp³-hybridized carbons (Fsp3) is 0.600. The molecule has 1 aliphatic rings. The first-order chi connectivity index (χ1) is 9.27. The highest BCUT2D eigenvalue weighted by molar-refractivity contribution is 5.19. The number of hydrogen-bond acceptors (Lipinski definition) is 2. The summed E-state index contributed by atoms with van der Waals surface area (Å²) < 4.78 is 26.7. The molecular weight excluding hydrogens is 246 g/mol. The zero-order chi connectivity index (χ0) is 13.5. The van der Waals surface area contributed by atoms with E-state index in [-0.39, 0.29) is 5.56 Å². The molecule has 0 aliphatic carbocycles. The lowest BCUT2D eigenvalue weighted by molar-refractivity contribution is 0.229. The Bertz CT molecular complexity index is 369. The third-order valence-electron chi connectivity index (χ3n) is 3.67. The first kappa shape index (κ1) is 14.4. The molecule has 1 fully saturated rings. The summed E-state index contributed by atoms with van der Waals surface area (Å²) in [4.78, 5) is 2.44. The second-order valence-corrected chi connectivity index (χ2v) is 5.10. The second kappa shape index (κ2) is 7.56. The van der Waals surface area contributed by atoms with Gasteiger partial charge in [-0.15, -0.1) is 0 Å². The highest BCUT2D eigenvalue weighted by atomic mass is 19.1. The molecule has 2 nitrogen and oxygen atoms in total. The van der Waals surface area contributed by atoms with Gasteiger partial charge in [-0.05, 0) is 51.0 Å². The van der Waals surface area contributed by atoms with Gasteiger partial charge in [-0.25, -0.2) is 8.78 Å². The molecule has 0 spiro atoms. The fourth-order valence-corrected chi connectivity index (χ4v) is 2.53. The van der Waals surface area contributed by atoms with Crippen molar-refractivity contribution >= 4 is 0 Å². The van der Waals surface area contributed by atoms with Crippen LogP contribution >= 0.6 is 0 Å². The van der Waals surface area contributed by atoms with Gasteiger partial charge in [-0.2, -0.15) is 0 Å². The van der Waals surface area contributed by atoms with E-state index in [1.54, 1.807) is 0 Å². The number of hydrogen-bond donors (Lipinski definition) is 1. The van der Waals surface area contributed by atoms with Crippen molar-refractivity contribution in [1.82, 2.24) is 10.2 Å². The molecule has 0 saturated carbocycles. The maximum atomic E-state index is 13.4. The summed E-state index contributed by atoms with van der Waals surface area (Å²) in [5.74, 6) is -0.893. The van der Waals surface area contributed by atoms with Gasteiger partial charge in [-0.1, -0.05) is 12.5 Å². The Balaban J connectivity index is 1.63. The fourth-order valence-electron chi connectivity index (χ4n) is 2.53. The van der Waals surface area contributed by atoms with Crippen LogP contribution in [0.1, 0.15) is 24.8 Å². The maximum absolute atomic E-state index is 13.4. The number of likely N-dealkylation sites (tertiary alicyclic amines) is 1. The molecule has 0 atom stereocenters. The number of nitrogens with one attached hydrogen (secondary N) is 1. The Morgan fingerprint density at radius 2 is 1.68 bits per heavy atom. The van der Waals surface area contributed by atoms with Crippen molar-refractivity contribution in [2.75, 3.05) is 32.7 Å². The Labute approximate surface area is 113 Å². The van der Waals surface area contributed by atoms with Gasteiger partial charge in [0.05, 0.1) is 0 Å². The van der Waals surface area contributed by atoms with E-state index in [0.717, 1.165) is 13.1 Å². The summed E-state index contributed by atoms with van der Waals surface area (Å²) in [7, 11) is 0. The van der Waals surface area contributed by atoms with Gasteiger partial charge in [0.25, 0.3) is 0 Å². The summed E-state index contributed by atoms with van der Waals surface area (Å²) in [6.45, 7) is 4.90. The summed E-state index contributed by atoms with van der Waals surface area (Å²) in [5, 5.41) is 3.26. The normalized spacial score (nSPS) is 16.7. The molecule has 0 bridgehead atoms. The molecular formula is C15H22F2N2. The number of nitrogens with zero attached hydrogens (tertiary/aromatic N) is 1. The van der Waals surface area contributed by atoms with E-state index in [9.17, 15) is 8.78 Å². The van der Waals surface area contributed by atoms with Crippen molar-refractivity contribution in [2.24, 2.45) is 0 Å². The topological polar surface area (TPSA) is 15.3 Å². The van der Waals surface area contributed by atoms with Crippen LogP contribution in [0.3, 0.4) is 0 Å². The molecule has 1 aromatic rings. The smallest absolute Gasteiger partial charge is 0.129 e. The van der Waals surface area contributed by atoms with Crippen LogP contribution < -0.4 is 5.32 Å². The van der Waals surface area contributed by atoms with E-state index >= 15 is 0 Å². The van der Waals surface area contributed by atoms with Crippen molar-refractivity contribution in [3.8, 4) is 0 Å². The van der Waals surface area contributed by atoms with Crippen molar-refractivity contribution in [1.29, 1.82) is 0 Å². The number of piperidine rings is 1. The summed E-state index contributed by atoms with van der Waals surface area (Å²) in [6.07, 6.45) is 4.33. The van der Waals surface area contributed by atoms with Gasteiger partial charge in [0.1, 0.15) is 11.6 Å². The van der Waals surface area contributed by atoms with Gasteiger partial charge < -0.3 is 10.2 Å². The van der Waals surface area contributed by atoms with E-state index in [1.807, 2.05) is 0 Å². The molecule has 0 amide bonds. The van der Waals surface area contributed by atoms with Gasteiger partial charge >= 0.3 is 0 Å². The molecule has 2 rings (SSSR count). The van der Waals surface area contributed by atoms with Crippen LogP contribution in [-0.4, -0.2) is 37.6 Å². The molecule has 4 heteroatoms. The van der Waals surface area contributed by atoms with Gasteiger partial charge in [-0.3, -0.25) is 0 Å². The highest BCUT2D eigenvalue weighted by Crippen LogP contribution is 2.12.